The largest absolute Gasteiger partial charge is 0.147 e. The maximum atomic E-state index is 2.18. The standard InChI is InChI=1S/C6H12.ClH/c1-3-5-6-4-2;/h3,5H,4,6H2,1-2H3;1H. The Kier molecular flexibility index (Phi) is 13.6. The Bertz CT molecular complexity index is 39.4. The lowest BCUT2D eigenvalue weighted by atomic mass is 10.3. The van der Waals surface area contributed by atoms with Crippen LogP contribution < -0.4 is 0 Å². The zero-order valence-electron chi connectivity index (χ0n) is 4.98. The van der Waals surface area contributed by atoms with E-state index in [9.17, 15) is 0 Å². The molecule has 0 spiro atoms. The van der Waals surface area contributed by atoms with E-state index < -0.39 is 0 Å². The average molecular weight is 121 g/mol. The Labute approximate surface area is 52.0 Å². The van der Waals surface area contributed by atoms with E-state index in [1.807, 2.05) is 0 Å². The molecule has 7 heavy (non-hydrogen) atoms. The van der Waals surface area contributed by atoms with Crippen LogP contribution in [0.15, 0.2) is 12.2 Å². The minimum atomic E-state index is 0. The van der Waals surface area contributed by atoms with E-state index in [0.29, 0.717) is 0 Å². The summed E-state index contributed by atoms with van der Waals surface area (Å²) in [5, 5.41) is 0. The lowest BCUT2D eigenvalue weighted by Crippen LogP contribution is -1.55. The Hall–Kier alpha value is 0.0300. The second-order valence-corrected chi connectivity index (χ2v) is 1.36. The third-order valence-corrected chi connectivity index (χ3v) is 0.691. The molecule has 44 valence electrons. The molecular formula is C6H13Cl. The fourth-order valence-electron chi connectivity index (χ4n) is 0.333. The molecule has 0 N–H and O–H groups in total. The molecule has 0 atom stereocenters. The van der Waals surface area contributed by atoms with Crippen LogP contribution in [0.1, 0.15) is 26.7 Å². The molecule has 0 aliphatic heterocycles. The van der Waals surface area contributed by atoms with Gasteiger partial charge in [-0.1, -0.05) is 25.5 Å². The van der Waals surface area contributed by atoms with Crippen LogP contribution >= 0.6 is 12.4 Å². The molecule has 0 unspecified atom stereocenters. The van der Waals surface area contributed by atoms with Crippen molar-refractivity contribution >= 4 is 12.4 Å². The summed E-state index contributed by atoms with van der Waals surface area (Å²) >= 11 is 0. The van der Waals surface area contributed by atoms with Crippen molar-refractivity contribution in [2.45, 2.75) is 26.7 Å². The SMILES string of the molecule is CC=CCCC.Cl. The highest BCUT2D eigenvalue weighted by Crippen LogP contribution is 1.85. The minimum absolute atomic E-state index is 0. The molecule has 0 amide bonds. The first-order valence-corrected chi connectivity index (χ1v) is 2.53. The van der Waals surface area contributed by atoms with Crippen LogP contribution in [0.4, 0.5) is 0 Å². The number of halogens is 1. The Balaban J connectivity index is 0. The predicted molar refractivity (Wildman–Crippen MR) is 37.0 cm³/mol. The van der Waals surface area contributed by atoms with Gasteiger partial charge >= 0.3 is 0 Å². The van der Waals surface area contributed by atoms with Crippen molar-refractivity contribution in [3.63, 3.8) is 0 Å². The maximum Gasteiger partial charge on any atom is -0.0353 e. The monoisotopic (exact) mass is 120 g/mol. The topological polar surface area (TPSA) is 0 Å². The van der Waals surface area contributed by atoms with Crippen LogP contribution in [0.5, 0.6) is 0 Å². The molecular weight excluding hydrogens is 108 g/mol. The van der Waals surface area contributed by atoms with Crippen molar-refractivity contribution in [3.8, 4) is 0 Å². The predicted octanol–water partition coefficient (Wildman–Crippen LogP) is 2.78. The fraction of sp³-hybridized carbons (Fsp3) is 0.667. The lowest BCUT2D eigenvalue weighted by Gasteiger charge is -1.76. The van der Waals surface area contributed by atoms with Gasteiger partial charge in [0.15, 0.2) is 0 Å². The number of rotatable bonds is 2. The van der Waals surface area contributed by atoms with E-state index in [2.05, 4.69) is 26.0 Å². The van der Waals surface area contributed by atoms with Gasteiger partial charge in [0.2, 0.25) is 0 Å². The molecule has 0 rings (SSSR count). The molecule has 0 aromatic carbocycles. The van der Waals surface area contributed by atoms with Gasteiger partial charge in [-0.15, -0.1) is 12.4 Å². The summed E-state index contributed by atoms with van der Waals surface area (Å²) in [6.45, 7) is 4.23. The number of hydrogen-bond acceptors (Lipinski definition) is 0. The summed E-state index contributed by atoms with van der Waals surface area (Å²) in [5.74, 6) is 0. The van der Waals surface area contributed by atoms with Crippen molar-refractivity contribution in [1.29, 1.82) is 0 Å². The molecule has 0 saturated heterocycles. The molecule has 0 heterocycles. The van der Waals surface area contributed by atoms with E-state index in [0.717, 1.165) is 0 Å². The molecule has 1 heteroatoms. The third kappa shape index (κ3) is 10.7. The molecule has 0 radical (unpaired) electrons. The van der Waals surface area contributed by atoms with Gasteiger partial charge in [-0.2, -0.15) is 0 Å². The maximum absolute atomic E-state index is 2.18. The van der Waals surface area contributed by atoms with Crippen LogP contribution in [0.3, 0.4) is 0 Å². The normalized spacial score (nSPS) is 8.86. The lowest BCUT2D eigenvalue weighted by molar-refractivity contribution is 0.957. The summed E-state index contributed by atoms with van der Waals surface area (Å²) in [4.78, 5) is 0. The van der Waals surface area contributed by atoms with Crippen LogP contribution in [0.2, 0.25) is 0 Å². The minimum Gasteiger partial charge on any atom is -0.147 e. The number of unbranched alkanes of at least 4 members (excludes halogenated alkanes) is 1. The van der Waals surface area contributed by atoms with Crippen LogP contribution in [-0.4, -0.2) is 0 Å². The Morgan fingerprint density at radius 3 is 2.14 bits per heavy atom. The molecule has 0 aromatic heterocycles. The third-order valence-electron chi connectivity index (χ3n) is 0.691. The van der Waals surface area contributed by atoms with Crippen molar-refractivity contribution in [2.24, 2.45) is 0 Å². The second kappa shape index (κ2) is 9.39. The molecule has 0 aliphatic rings. The summed E-state index contributed by atoms with van der Waals surface area (Å²) < 4.78 is 0. The van der Waals surface area contributed by atoms with Crippen LogP contribution in [0.25, 0.3) is 0 Å². The second-order valence-electron chi connectivity index (χ2n) is 1.36. The smallest absolute Gasteiger partial charge is 0.0353 e. The molecule has 0 aliphatic carbocycles. The molecule has 0 aromatic rings. The zero-order valence-corrected chi connectivity index (χ0v) is 5.79. The van der Waals surface area contributed by atoms with Gasteiger partial charge in [0.25, 0.3) is 0 Å². The van der Waals surface area contributed by atoms with Crippen LogP contribution in [0, 0.1) is 0 Å². The highest BCUT2D eigenvalue weighted by molar-refractivity contribution is 5.85. The Morgan fingerprint density at radius 1 is 1.43 bits per heavy atom. The fourth-order valence-corrected chi connectivity index (χ4v) is 0.333. The number of allylic oxidation sites excluding steroid dienone is 2. The van der Waals surface area contributed by atoms with Gasteiger partial charge in [-0.05, 0) is 13.3 Å². The first-order chi connectivity index (χ1) is 2.91. The summed E-state index contributed by atoms with van der Waals surface area (Å²) in [6, 6.07) is 0. The van der Waals surface area contributed by atoms with E-state index >= 15 is 0 Å². The van der Waals surface area contributed by atoms with Crippen molar-refractivity contribution < 1.29 is 0 Å². The van der Waals surface area contributed by atoms with E-state index in [4.69, 9.17) is 0 Å². The van der Waals surface area contributed by atoms with E-state index in [-0.39, 0.29) is 12.4 Å². The molecule has 0 fully saturated rings. The van der Waals surface area contributed by atoms with Gasteiger partial charge in [0.1, 0.15) is 0 Å². The Morgan fingerprint density at radius 2 is 2.00 bits per heavy atom. The van der Waals surface area contributed by atoms with E-state index in [1.165, 1.54) is 12.8 Å². The summed E-state index contributed by atoms with van der Waals surface area (Å²) in [6.07, 6.45) is 6.77. The van der Waals surface area contributed by atoms with Gasteiger partial charge in [0, 0.05) is 0 Å². The molecule has 0 bridgehead atoms. The summed E-state index contributed by atoms with van der Waals surface area (Å²) in [5.41, 5.74) is 0. The van der Waals surface area contributed by atoms with E-state index in [1.54, 1.807) is 0 Å². The van der Waals surface area contributed by atoms with Crippen LogP contribution in [-0.2, 0) is 0 Å². The van der Waals surface area contributed by atoms with Crippen molar-refractivity contribution in [2.75, 3.05) is 0 Å². The average Bonchev–Trinajstić information content (AvgIpc) is 1.61. The molecule has 0 nitrogen and oxygen atoms in total. The van der Waals surface area contributed by atoms with Crippen molar-refractivity contribution in [3.05, 3.63) is 12.2 Å². The summed E-state index contributed by atoms with van der Waals surface area (Å²) in [7, 11) is 0. The first kappa shape index (κ1) is 10.1. The highest BCUT2D eigenvalue weighted by Gasteiger charge is 1.64. The van der Waals surface area contributed by atoms with Crippen molar-refractivity contribution in [1.82, 2.24) is 0 Å². The van der Waals surface area contributed by atoms with Gasteiger partial charge < -0.3 is 0 Å². The van der Waals surface area contributed by atoms with Gasteiger partial charge in [0.05, 0.1) is 0 Å². The number of hydrogen-bond donors (Lipinski definition) is 0. The van der Waals surface area contributed by atoms with Gasteiger partial charge in [-0.25, -0.2) is 0 Å². The zero-order chi connectivity index (χ0) is 4.83. The first-order valence-electron chi connectivity index (χ1n) is 2.53. The van der Waals surface area contributed by atoms with Gasteiger partial charge in [-0.3, -0.25) is 0 Å². The molecule has 0 saturated carbocycles. The highest BCUT2D eigenvalue weighted by atomic mass is 35.5. The quantitative estimate of drug-likeness (QED) is 0.492.